The number of esters is 1. The quantitative estimate of drug-likeness (QED) is 0.663. The van der Waals surface area contributed by atoms with Crippen LogP contribution < -0.4 is 9.80 Å². The van der Waals surface area contributed by atoms with Crippen LogP contribution in [0, 0.1) is 12.8 Å². The van der Waals surface area contributed by atoms with Crippen molar-refractivity contribution >= 4 is 44.9 Å². The maximum absolute atomic E-state index is 13.3. The van der Waals surface area contributed by atoms with Crippen molar-refractivity contribution in [3.63, 3.8) is 0 Å². The molecule has 0 atom stereocenters. The average molecular weight is 485 g/mol. The van der Waals surface area contributed by atoms with Gasteiger partial charge in [-0.15, -0.1) is 0 Å². The van der Waals surface area contributed by atoms with Crippen LogP contribution in [0.5, 0.6) is 0 Å². The van der Waals surface area contributed by atoms with Gasteiger partial charge in [0.05, 0.1) is 37.0 Å². The molecule has 0 bridgehead atoms. The van der Waals surface area contributed by atoms with E-state index in [1.165, 1.54) is 4.90 Å². The predicted molar refractivity (Wildman–Crippen MR) is 124 cm³/mol. The van der Waals surface area contributed by atoms with Crippen LogP contribution in [-0.4, -0.2) is 44.0 Å². The molecule has 1 saturated heterocycles. The average Bonchev–Trinajstić information content (AvgIpc) is 3.03. The number of likely N-dealkylation sites (tertiary alicyclic amines) is 1. The molecule has 2 aromatic carbocycles. The van der Waals surface area contributed by atoms with E-state index in [0.29, 0.717) is 19.0 Å². The summed E-state index contributed by atoms with van der Waals surface area (Å²) in [4.78, 5) is 33.2. The highest BCUT2D eigenvalue weighted by Crippen LogP contribution is 2.31. The topological polar surface area (TPSA) is 63.4 Å². The second kappa shape index (κ2) is 9.32. The predicted octanol–water partition coefficient (Wildman–Crippen LogP) is 3.04. The summed E-state index contributed by atoms with van der Waals surface area (Å²) in [6.45, 7) is 6.53. The number of aliphatic imine (C=N–C) groups is 1. The van der Waals surface area contributed by atoms with Crippen molar-refractivity contribution < 1.29 is 19.2 Å². The van der Waals surface area contributed by atoms with E-state index in [2.05, 4.69) is 15.9 Å². The lowest BCUT2D eigenvalue weighted by Crippen LogP contribution is -3.14. The Morgan fingerprint density at radius 2 is 1.97 bits per heavy atom. The first-order valence-corrected chi connectivity index (χ1v) is 11.5. The molecular formula is C24H27BrN3O3+. The van der Waals surface area contributed by atoms with E-state index in [1.54, 1.807) is 0 Å². The van der Waals surface area contributed by atoms with Gasteiger partial charge >= 0.3 is 5.97 Å². The largest absolute Gasteiger partial charge is 0.466 e. The fourth-order valence-corrected chi connectivity index (χ4v) is 4.58. The monoisotopic (exact) mass is 484 g/mol. The molecule has 2 heterocycles. The zero-order valence-corrected chi connectivity index (χ0v) is 19.4. The molecule has 7 heteroatoms. The molecule has 0 spiro atoms. The van der Waals surface area contributed by atoms with Gasteiger partial charge in [-0.1, -0.05) is 40.2 Å². The molecule has 31 heavy (non-hydrogen) atoms. The Hall–Kier alpha value is -2.51. The molecule has 0 unspecified atom stereocenters. The van der Waals surface area contributed by atoms with Crippen molar-refractivity contribution in [2.75, 3.05) is 31.3 Å². The van der Waals surface area contributed by atoms with Gasteiger partial charge in [-0.25, -0.2) is 4.99 Å². The summed E-state index contributed by atoms with van der Waals surface area (Å²) in [6.07, 6.45) is 1.58. The Labute approximate surface area is 191 Å². The van der Waals surface area contributed by atoms with Gasteiger partial charge in [-0.05, 0) is 37.6 Å². The SMILES string of the molecule is CCOC(=O)C1CC[NH+](CN2C(=O)C(=Nc3ccc(C)c(Br)c3)c3ccccc32)CC1. The zero-order valence-electron chi connectivity index (χ0n) is 17.9. The number of anilines is 1. The Morgan fingerprint density at radius 1 is 1.23 bits per heavy atom. The van der Waals surface area contributed by atoms with Crippen LogP contribution in [0.1, 0.15) is 30.9 Å². The van der Waals surface area contributed by atoms with E-state index >= 15 is 0 Å². The van der Waals surface area contributed by atoms with Gasteiger partial charge in [0, 0.05) is 22.9 Å². The number of amides is 1. The maximum Gasteiger partial charge on any atom is 0.309 e. The van der Waals surface area contributed by atoms with Crippen molar-refractivity contribution in [2.24, 2.45) is 10.9 Å². The number of rotatable bonds is 5. The molecule has 2 aliphatic rings. The molecule has 0 aliphatic carbocycles. The van der Waals surface area contributed by atoms with Crippen molar-refractivity contribution in [1.29, 1.82) is 0 Å². The molecule has 6 nitrogen and oxygen atoms in total. The normalized spacial score (nSPS) is 22.0. The molecule has 0 aromatic heterocycles. The first-order chi connectivity index (χ1) is 15.0. The second-order valence-electron chi connectivity index (χ2n) is 8.08. The van der Waals surface area contributed by atoms with Gasteiger partial charge < -0.3 is 9.64 Å². The number of halogens is 1. The van der Waals surface area contributed by atoms with Crippen LogP contribution in [0.3, 0.4) is 0 Å². The molecule has 2 aromatic rings. The summed E-state index contributed by atoms with van der Waals surface area (Å²) < 4.78 is 6.14. The Bertz CT molecular complexity index is 1030. The first-order valence-electron chi connectivity index (χ1n) is 10.7. The number of hydrogen-bond acceptors (Lipinski definition) is 4. The number of carbonyl (C=O) groups is 2. The minimum absolute atomic E-state index is 0.0256. The first kappa shape index (κ1) is 21.7. The third-order valence-corrected chi connectivity index (χ3v) is 6.84. The number of para-hydroxylation sites is 1. The van der Waals surface area contributed by atoms with Crippen LogP contribution in [0.25, 0.3) is 0 Å². The number of benzene rings is 2. The Kier molecular flexibility index (Phi) is 6.53. The van der Waals surface area contributed by atoms with Gasteiger partial charge in [0.1, 0.15) is 5.71 Å². The number of hydrogen-bond donors (Lipinski definition) is 1. The lowest BCUT2D eigenvalue weighted by atomic mass is 9.97. The molecule has 4 rings (SSSR count). The number of nitrogens with one attached hydrogen (secondary N) is 1. The Balaban J connectivity index is 1.52. The van der Waals surface area contributed by atoms with Crippen molar-refractivity contribution in [1.82, 2.24) is 0 Å². The standard InChI is InChI=1S/C24H26BrN3O3/c1-3-31-24(30)17-10-12-27(13-11-17)15-28-21-7-5-4-6-19(21)22(23(28)29)26-18-9-8-16(2)20(25)14-18/h4-9,14,17H,3,10-13,15H2,1-2H3/p+1. The summed E-state index contributed by atoms with van der Waals surface area (Å²) in [7, 11) is 0. The number of quaternary nitrogens is 1. The summed E-state index contributed by atoms with van der Waals surface area (Å²) in [5.41, 5.74) is 4.12. The molecule has 2 aliphatic heterocycles. The summed E-state index contributed by atoms with van der Waals surface area (Å²) in [5.74, 6) is -0.192. The number of nitrogens with zero attached hydrogens (tertiary/aromatic N) is 2. The summed E-state index contributed by atoms with van der Waals surface area (Å²) in [5, 5.41) is 0. The highest BCUT2D eigenvalue weighted by atomic mass is 79.9. The maximum atomic E-state index is 13.3. The third-order valence-electron chi connectivity index (χ3n) is 5.99. The number of carbonyl (C=O) groups excluding carboxylic acids is 2. The number of piperidine rings is 1. The smallest absolute Gasteiger partial charge is 0.309 e. The number of ether oxygens (including phenoxy) is 1. The lowest BCUT2D eigenvalue weighted by Gasteiger charge is -2.30. The van der Waals surface area contributed by atoms with E-state index < -0.39 is 0 Å². The Morgan fingerprint density at radius 3 is 2.68 bits per heavy atom. The summed E-state index contributed by atoms with van der Waals surface area (Å²) in [6, 6.07) is 13.7. The lowest BCUT2D eigenvalue weighted by molar-refractivity contribution is -0.904. The van der Waals surface area contributed by atoms with E-state index in [-0.39, 0.29) is 17.8 Å². The molecule has 1 N–H and O–H groups in total. The van der Waals surface area contributed by atoms with E-state index in [1.807, 2.05) is 61.2 Å². The van der Waals surface area contributed by atoms with Crippen LogP contribution in [-0.2, 0) is 14.3 Å². The summed E-state index contributed by atoms with van der Waals surface area (Å²) >= 11 is 3.54. The molecule has 1 amide bonds. The van der Waals surface area contributed by atoms with Gasteiger partial charge in [0.25, 0.3) is 5.91 Å². The van der Waals surface area contributed by atoms with Gasteiger partial charge in [0.2, 0.25) is 0 Å². The molecule has 0 radical (unpaired) electrons. The van der Waals surface area contributed by atoms with Crippen LogP contribution in [0.4, 0.5) is 11.4 Å². The van der Waals surface area contributed by atoms with Crippen molar-refractivity contribution in [3.8, 4) is 0 Å². The number of aryl methyl sites for hydroxylation is 1. The highest BCUT2D eigenvalue weighted by Gasteiger charge is 2.37. The van der Waals surface area contributed by atoms with E-state index in [9.17, 15) is 9.59 Å². The van der Waals surface area contributed by atoms with Gasteiger partial charge in [0.15, 0.2) is 6.67 Å². The van der Waals surface area contributed by atoms with Crippen LogP contribution in [0.15, 0.2) is 51.9 Å². The van der Waals surface area contributed by atoms with Crippen molar-refractivity contribution in [2.45, 2.75) is 26.7 Å². The van der Waals surface area contributed by atoms with Gasteiger partial charge in [-0.2, -0.15) is 0 Å². The molecule has 1 fully saturated rings. The fourth-order valence-electron chi connectivity index (χ4n) is 4.21. The third kappa shape index (κ3) is 4.57. The minimum Gasteiger partial charge on any atom is -0.466 e. The fraction of sp³-hybridized carbons (Fsp3) is 0.375. The van der Waals surface area contributed by atoms with Crippen LogP contribution >= 0.6 is 15.9 Å². The van der Waals surface area contributed by atoms with E-state index in [0.717, 1.165) is 52.9 Å². The molecule has 162 valence electrons. The number of fused-ring (bicyclic) bond motifs is 1. The molecular weight excluding hydrogens is 458 g/mol. The highest BCUT2D eigenvalue weighted by molar-refractivity contribution is 9.10. The zero-order chi connectivity index (χ0) is 22.0. The van der Waals surface area contributed by atoms with E-state index in [4.69, 9.17) is 9.73 Å². The van der Waals surface area contributed by atoms with Crippen LogP contribution in [0.2, 0.25) is 0 Å². The molecule has 0 saturated carbocycles. The minimum atomic E-state index is -0.0946. The van der Waals surface area contributed by atoms with Gasteiger partial charge in [-0.3, -0.25) is 14.5 Å². The second-order valence-corrected chi connectivity index (χ2v) is 8.93. The van der Waals surface area contributed by atoms with Crippen molar-refractivity contribution in [3.05, 3.63) is 58.1 Å².